The van der Waals surface area contributed by atoms with Crippen LogP contribution in [0.4, 0.5) is 5.95 Å². The summed E-state index contributed by atoms with van der Waals surface area (Å²) in [5.41, 5.74) is 8.77. The summed E-state index contributed by atoms with van der Waals surface area (Å²) in [6.45, 7) is 0. The lowest BCUT2D eigenvalue weighted by Crippen LogP contribution is -1.99. The number of imidazole rings is 1. The molecule has 0 atom stereocenters. The molecule has 1 aromatic carbocycles. The van der Waals surface area contributed by atoms with Gasteiger partial charge in [0.15, 0.2) is 5.65 Å². The summed E-state index contributed by atoms with van der Waals surface area (Å²) < 4.78 is 5.81. The maximum absolute atomic E-state index is 5.81. The van der Waals surface area contributed by atoms with Crippen LogP contribution in [0.25, 0.3) is 22.4 Å². The van der Waals surface area contributed by atoms with Gasteiger partial charge in [0.05, 0.1) is 12.4 Å². The van der Waals surface area contributed by atoms with Gasteiger partial charge in [0.1, 0.15) is 17.0 Å². The molecule has 6 nitrogen and oxygen atoms in total. The molecule has 2 heterocycles. The molecule has 100 valence electrons. The van der Waals surface area contributed by atoms with E-state index in [4.69, 9.17) is 10.5 Å². The number of ether oxygens (including phenoxy) is 1. The summed E-state index contributed by atoms with van der Waals surface area (Å²) >= 11 is 0. The van der Waals surface area contributed by atoms with Crippen LogP contribution in [0.2, 0.25) is 0 Å². The van der Waals surface area contributed by atoms with Gasteiger partial charge in [0, 0.05) is 5.56 Å². The highest BCUT2D eigenvalue weighted by atomic mass is 16.5. The maximum Gasteiger partial charge on any atom is 0.222 e. The molecule has 0 aliphatic heterocycles. The van der Waals surface area contributed by atoms with E-state index in [1.54, 1.807) is 6.33 Å². The second kappa shape index (κ2) is 4.19. The van der Waals surface area contributed by atoms with Crippen molar-refractivity contribution in [2.75, 3.05) is 5.73 Å². The minimum atomic E-state index is 0.216. The number of anilines is 1. The fourth-order valence-electron chi connectivity index (χ4n) is 2.15. The van der Waals surface area contributed by atoms with Crippen LogP contribution in [-0.2, 0) is 0 Å². The van der Waals surface area contributed by atoms with Crippen molar-refractivity contribution >= 4 is 17.1 Å². The minimum absolute atomic E-state index is 0.216. The molecule has 1 aliphatic rings. The first-order valence-corrected chi connectivity index (χ1v) is 6.53. The maximum atomic E-state index is 5.81. The van der Waals surface area contributed by atoms with Crippen molar-refractivity contribution in [3.8, 4) is 17.0 Å². The van der Waals surface area contributed by atoms with E-state index in [1.807, 2.05) is 24.3 Å². The predicted octanol–water partition coefficient (Wildman–Crippen LogP) is 2.14. The highest BCUT2D eigenvalue weighted by Gasteiger charge is 2.23. The molecule has 1 saturated carbocycles. The number of fused-ring (bicyclic) bond motifs is 1. The lowest BCUT2D eigenvalue weighted by Gasteiger charge is -2.07. The van der Waals surface area contributed by atoms with Gasteiger partial charge < -0.3 is 15.5 Å². The van der Waals surface area contributed by atoms with Crippen LogP contribution in [0.15, 0.2) is 30.6 Å². The van der Waals surface area contributed by atoms with Crippen molar-refractivity contribution in [1.82, 2.24) is 19.9 Å². The van der Waals surface area contributed by atoms with Crippen molar-refractivity contribution in [2.45, 2.75) is 18.9 Å². The van der Waals surface area contributed by atoms with E-state index in [9.17, 15) is 0 Å². The van der Waals surface area contributed by atoms with Gasteiger partial charge in [0.25, 0.3) is 0 Å². The first-order chi connectivity index (χ1) is 9.79. The lowest BCUT2D eigenvalue weighted by atomic mass is 10.1. The second-order valence-corrected chi connectivity index (χ2v) is 4.88. The highest BCUT2D eigenvalue weighted by Crippen LogP contribution is 2.31. The molecule has 6 heteroatoms. The molecule has 0 unspecified atom stereocenters. The number of aromatic nitrogens is 4. The monoisotopic (exact) mass is 267 g/mol. The fourth-order valence-corrected chi connectivity index (χ4v) is 2.15. The third kappa shape index (κ3) is 1.95. The number of benzene rings is 1. The Morgan fingerprint density at radius 3 is 3.00 bits per heavy atom. The largest absolute Gasteiger partial charge is 0.490 e. The number of hydrogen-bond donors (Lipinski definition) is 2. The minimum Gasteiger partial charge on any atom is -0.490 e. The van der Waals surface area contributed by atoms with E-state index < -0.39 is 0 Å². The van der Waals surface area contributed by atoms with Crippen LogP contribution in [0.5, 0.6) is 5.75 Å². The first-order valence-electron chi connectivity index (χ1n) is 6.53. The molecule has 0 bridgehead atoms. The molecule has 1 aliphatic carbocycles. The molecule has 0 saturated heterocycles. The van der Waals surface area contributed by atoms with E-state index in [0.29, 0.717) is 11.8 Å². The van der Waals surface area contributed by atoms with Gasteiger partial charge in [0.2, 0.25) is 5.95 Å². The van der Waals surface area contributed by atoms with Gasteiger partial charge >= 0.3 is 0 Å². The zero-order valence-corrected chi connectivity index (χ0v) is 10.7. The van der Waals surface area contributed by atoms with Crippen molar-refractivity contribution in [3.63, 3.8) is 0 Å². The van der Waals surface area contributed by atoms with Gasteiger partial charge in [-0.3, -0.25) is 0 Å². The van der Waals surface area contributed by atoms with E-state index in [0.717, 1.165) is 35.4 Å². The van der Waals surface area contributed by atoms with Crippen molar-refractivity contribution in [3.05, 3.63) is 30.6 Å². The highest BCUT2D eigenvalue weighted by molar-refractivity contribution is 5.88. The summed E-state index contributed by atoms with van der Waals surface area (Å²) in [5.74, 6) is 1.07. The SMILES string of the molecule is Nc1nc(-c2cccc(OC3CC3)c2)c2[nH]cnc2n1. The first kappa shape index (κ1) is 11.2. The average Bonchev–Trinajstić information content (AvgIpc) is 3.13. The van der Waals surface area contributed by atoms with Gasteiger partial charge in [-0.05, 0) is 25.0 Å². The number of H-pyrrole nitrogens is 1. The summed E-state index contributed by atoms with van der Waals surface area (Å²) in [5, 5.41) is 0. The van der Waals surface area contributed by atoms with E-state index in [1.165, 1.54) is 0 Å². The van der Waals surface area contributed by atoms with E-state index >= 15 is 0 Å². The Morgan fingerprint density at radius 1 is 1.25 bits per heavy atom. The number of nitrogens with one attached hydrogen (secondary N) is 1. The van der Waals surface area contributed by atoms with E-state index in [2.05, 4.69) is 19.9 Å². The fraction of sp³-hybridized carbons (Fsp3) is 0.214. The molecular formula is C14H13N5O. The number of nitrogen functional groups attached to an aromatic ring is 1. The molecule has 0 radical (unpaired) electrons. The third-order valence-electron chi connectivity index (χ3n) is 3.24. The van der Waals surface area contributed by atoms with Crippen molar-refractivity contribution in [2.24, 2.45) is 0 Å². The summed E-state index contributed by atoms with van der Waals surface area (Å²) in [4.78, 5) is 15.6. The Bertz CT molecular complexity index is 778. The summed E-state index contributed by atoms with van der Waals surface area (Å²) in [6, 6.07) is 7.85. The van der Waals surface area contributed by atoms with Crippen molar-refractivity contribution < 1.29 is 4.74 Å². The number of nitrogens with zero attached hydrogens (tertiary/aromatic N) is 3. The molecule has 1 fully saturated rings. The summed E-state index contributed by atoms with van der Waals surface area (Å²) in [7, 11) is 0. The average molecular weight is 267 g/mol. The van der Waals surface area contributed by atoms with Crippen LogP contribution in [0.1, 0.15) is 12.8 Å². The Labute approximate surface area is 115 Å². The van der Waals surface area contributed by atoms with Crippen molar-refractivity contribution in [1.29, 1.82) is 0 Å². The predicted molar refractivity (Wildman–Crippen MR) is 75.2 cm³/mol. The smallest absolute Gasteiger partial charge is 0.222 e. The molecule has 4 rings (SSSR count). The third-order valence-corrected chi connectivity index (χ3v) is 3.24. The number of aromatic amines is 1. The number of nitrogens with two attached hydrogens (primary N) is 1. The quantitative estimate of drug-likeness (QED) is 0.758. The molecule has 3 aromatic rings. The van der Waals surface area contributed by atoms with Gasteiger partial charge in [-0.15, -0.1) is 0 Å². The van der Waals surface area contributed by atoms with Gasteiger partial charge in [-0.1, -0.05) is 12.1 Å². The zero-order valence-electron chi connectivity index (χ0n) is 10.7. The van der Waals surface area contributed by atoms with Gasteiger partial charge in [-0.25, -0.2) is 9.97 Å². The lowest BCUT2D eigenvalue weighted by molar-refractivity contribution is 0.303. The molecule has 0 spiro atoms. The zero-order chi connectivity index (χ0) is 13.5. The Balaban J connectivity index is 1.83. The summed E-state index contributed by atoms with van der Waals surface area (Å²) in [6.07, 6.45) is 4.23. The van der Waals surface area contributed by atoms with Crippen LogP contribution < -0.4 is 10.5 Å². The Morgan fingerprint density at radius 2 is 2.15 bits per heavy atom. The van der Waals surface area contributed by atoms with Crippen LogP contribution in [0.3, 0.4) is 0 Å². The Kier molecular flexibility index (Phi) is 2.35. The van der Waals surface area contributed by atoms with Crippen LogP contribution >= 0.6 is 0 Å². The second-order valence-electron chi connectivity index (χ2n) is 4.88. The standard InChI is InChI=1S/C14H13N5O/c15-14-18-11(12-13(19-14)17-7-16-12)8-2-1-3-10(6-8)20-9-4-5-9/h1-3,6-7,9H,4-5H2,(H3,15,16,17,18,19). The topological polar surface area (TPSA) is 89.7 Å². The van der Waals surface area contributed by atoms with Gasteiger partial charge in [-0.2, -0.15) is 4.98 Å². The normalized spacial score (nSPS) is 14.6. The molecule has 3 N–H and O–H groups in total. The Hall–Kier alpha value is -2.63. The number of rotatable bonds is 3. The molecule has 2 aromatic heterocycles. The van der Waals surface area contributed by atoms with Crippen LogP contribution in [0, 0.1) is 0 Å². The molecule has 20 heavy (non-hydrogen) atoms. The molecule has 0 amide bonds. The van der Waals surface area contributed by atoms with Crippen LogP contribution in [-0.4, -0.2) is 26.0 Å². The molecular weight excluding hydrogens is 254 g/mol. The number of hydrogen-bond acceptors (Lipinski definition) is 5. The van der Waals surface area contributed by atoms with E-state index in [-0.39, 0.29) is 5.95 Å².